The summed E-state index contributed by atoms with van der Waals surface area (Å²) in [5.74, 6) is 0.0144. The third-order valence-corrected chi connectivity index (χ3v) is 12.6. The molecule has 10 heteroatoms. The molecule has 1 atom stereocenters. The zero-order chi connectivity index (χ0) is 28.2. The third-order valence-electron chi connectivity index (χ3n) is 7.78. The molecule has 0 radical (unpaired) electrons. The fraction of sp³-hybridized carbons (Fsp3) is 0.483. The quantitative estimate of drug-likeness (QED) is 0.288. The van der Waals surface area contributed by atoms with E-state index in [1.54, 1.807) is 35.2 Å². The van der Waals surface area contributed by atoms with Gasteiger partial charge in [0.1, 0.15) is 5.82 Å². The number of halogens is 2. The largest absolute Gasteiger partial charge is 0.417 e. The van der Waals surface area contributed by atoms with Gasteiger partial charge in [0.05, 0.1) is 16.8 Å². The Kier molecular flexibility index (Phi) is 9.26. The molecule has 39 heavy (non-hydrogen) atoms. The van der Waals surface area contributed by atoms with Gasteiger partial charge >= 0.3 is 0 Å². The van der Waals surface area contributed by atoms with Crippen molar-refractivity contribution in [2.45, 2.75) is 70.2 Å². The van der Waals surface area contributed by atoms with Crippen LogP contribution in [0.5, 0.6) is 0 Å². The van der Waals surface area contributed by atoms with Gasteiger partial charge in [0.15, 0.2) is 8.32 Å². The van der Waals surface area contributed by atoms with E-state index < -0.39 is 20.2 Å². The monoisotopic (exact) mass is 572 g/mol. The molecule has 0 amide bonds. The topological polar surface area (TPSA) is 78.3 Å². The predicted molar refractivity (Wildman–Crippen MR) is 157 cm³/mol. The summed E-state index contributed by atoms with van der Waals surface area (Å²) >= 11 is 5.95. The van der Waals surface area contributed by atoms with Crippen LogP contribution in [0.25, 0.3) is 11.3 Å². The Morgan fingerprint density at radius 3 is 2.62 bits per heavy atom. The van der Waals surface area contributed by atoms with Gasteiger partial charge in [-0.2, -0.15) is 0 Å². The van der Waals surface area contributed by atoms with Gasteiger partial charge < -0.3 is 19.0 Å². The van der Waals surface area contributed by atoms with Crippen LogP contribution in [-0.2, 0) is 9.16 Å². The van der Waals surface area contributed by atoms with Gasteiger partial charge in [-0.1, -0.05) is 38.4 Å². The standard InChI is InChI=1S/C29H38ClFN4O3Si/c1-29(2,3)39(4,5)38-17-12-26(21-6-7-23(30)24(31)18-21)35-14-9-20(19-27(35)36)25-8-13-32-28(34-25)33-22-10-15-37-16-11-22/h6-9,13-14,18-19,22,26H,10-12,15-17H2,1-5H3,(H,32,33,34). The van der Waals surface area contributed by atoms with E-state index in [1.807, 2.05) is 6.07 Å². The summed E-state index contributed by atoms with van der Waals surface area (Å²) in [6.45, 7) is 12.8. The number of anilines is 1. The van der Waals surface area contributed by atoms with Crippen molar-refractivity contribution in [3.8, 4) is 11.3 Å². The van der Waals surface area contributed by atoms with Gasteiger partial charge in [0.25, 0.3) is 5.56 Å². The van der Waals surface area contributed by atoms with Crippen LogP contribution >= 0.6 is 11.6 Å². The normalized spacial score (nSPS) is 15.8. The first-order valence-electron chi connectivity index (χ1n) is 13.4. The third kappa shape index (κ3) is 7.33. The van der Waals surface area contributed by atoms with Crippen molar-refractivity contribution < 1.29 is 13.6 Å². The second kappa shape index (κ2) is 12.3. The van der Waals surface area contributed by atoms with E-state index in [4.69, 9.17) is 20.8 Å². The molecule has 1 N–H and O–H groups in total. The number of pyridine rings is 1. The summed E-state index contributed by atoms with van der Waals surface area (Å²) in [6, 6.07) is 9.74. The number of benzene rings is 1. The lowest BCUT2D eigenvalue weighted by Crippen LogP contribution is -2.41. The number of rotatable bonds is 9. The zero-order valence-corrected chi connectivity index (χ0v) is 25.1. The summed E-state index contributed by atoms with van der Waals surface area (Å²) in [6.07, 6.45) is 5.74. The number of hydrogen-bond acceptors (Lipinski definition) is 6. The number of hydrogen-bond donors (Lipinski definition) is 1. The first-order valence-corrected chi connectivity index (χ1v) is 16.7. The Labute approximate surface area is 235 Å². The van der Waals surface area contributed by atoms with Gasteiger partial charge in [-0.25, -0.2) is 14.4 Å². The molecule has 4 rings (SSSR count). The molecular formula is C29H38ClFN4O3Si. The lowest BCUT2D eigenvalue weighted by Gasteiger charge is -2.36. The Hall–Kier alpha value is -2.59. The van der Waals surface area contributed by atoms with Crippen LogP contribution < -0.4 is 10.9 Å². The Balaban J connectivity index is 1.59. The van der Waals surface area contributed by atoms with Gasteiger partial charge in [-0.3, -0.25) is 4.79 Å². The Bertz CT molecular complexity index is 1340. The van der Waals surface area contributed by atoms with Gasteiger partial charge in [-0.05, 0) is 67.2 Å². The van der Waals surface area contributed by atoms with Crippen LogP contribution in [0.2, 0.25) is 23.2 Å². The van der Waals surface area contributed by atoms with Crippen LogP contribution in [0, 0.1) is 5.82 Å². The average molecular weight is 573 g/mol. The highest BCUT2D eigenvalue weighted by Crippen LogP contribution is 2.37. The van der Waals surface area contributed by atoms with Crippen LogP contribution in [-0.4, -0.2) is 48.7 Å². The molecule has 1 unspecified atom stereocenters. The molecule has 1 aromatic carbocycles. The maximum Gasteiger partial charge on any atom is 0.251 e. The van der Waals surface area contributed by atoms with Crippen LogP contribution in [0.3, 0.4) is 0 Å². The summed E-state index contributed by atoms with van der Waals surface area (Å²) in [5.41, 5.74) is 1.79. The highest BCUT2D eigenvalue weighted by atomic mass is 35.5. The van der Waals surface area contributed by atoms with Crippen molar-refractivity contribution in [2.24, 2.45) is 0 Å². The number of nitrogens with zero attached hydrogens (tertiary/aromatic N) is 3. The van der Waals surface area contributed by atoms with E-state index in [9.17, 15) is 9.18 Å². The number of nitrogens with one attached hydrogen (secondary N) is 1. The smallest absolute Gasteiger partial charge is 0.251 e. The number of ether oxygens (including phenoxy) is 1. The van der Waals surface area contributed by atoms with E-state index in [2.05, 4.69) is 49.1 Å². The second-order valence-electron chi connectivity index (χ2n) is 11.5. The van der Waals surface area contributed by atoms with Crippen molar-refractivity contribution in [3.63, 3.8) is 0 Å². The lowest BCUT2D eigenvalue weighted by molar-refractivity contribution is 0.0903. The van der Waals surface area contributed by atoms with Crippen LogP contribution in [0.15, 0.2) is 53.6 Å². The molecule has 0 saturated carbocycles. The van der Waals surface area contributed by atoms with Crippen molar-refractivity contribution in [1.29, 1.82) is 0 Å². The first kappa shape index (κ1) is 29.4. The zero-order valence-electron chi connectivity index (χ0n) is 23.3. The van der Waals surface area contributed by atoms with Crippen molar-refractivity contribution in [2.75, 3.05) is 25.1 Å². The molecule has 3 heterocycles. The Morgan fingerprint density at radius 2 is 1.95 bits per heavy atom. The van der Waals surface area contributed by atoms with Gasteiger partial charge in [0.2, 0.25) is 5.95 Å². The SMILES string of the molecule is CC(C)(C)[Si](C)(C)OCCC(c1ccc(Cl)c(F)c1)n1ccc(-c2ccnc(NC3CCOCC3)n2)cc1=O. The minimum atomic E-state index is -1.99. The van der Waals surface area contributed by atoms with Crippen LogP contribution in [0.4, 0.5) is 10.3 Å². The first-order chi connectivity index (χ1) is 18.4. The van der Waals surface area contributed by atoms with Crippen molar-refractivity contribution in [1.82, 2.24) is 14.5 Å². The maximum atomic E-state index is 14.4. The molecule has 3 aromatic rings. The minimum absolute atomic E-state index is 0.0478. The highest BCUT2D eigenvalue weighted by molar-refractivity contribution is 6.74. The molecule has 0 bridgehead atoms. The molecule has 0 spiro atoms. The fourth-order valence-corrected chi connectivity index (χ4v) is 5.53. The van der Waals surface area contributed by atoms with E-state index >= 15 is 0 Å². The van der Waals surface area contributed by atoms with E-state index in [-0.39, 0.29) is 21.7 Å². The number of aromatic nitrogens is 3. The summed E-state index contributed by atoms with van der Waals surface area (Å²) in [4.78, 5) is 22.4. The average Bonchev–Trinajstić information content (AvgIpc) is 2.89. The maximum absolute atomic E-state index is 14.4. The van der Waals surface area contributed by atoms with E-state index in [1.165, 1.54) is 12.1 Å². The molecule has 1 fully saturated rings. The molecule has 1 aliphatic heterocycles. The minimum Gasteiger partial charge on any atom is -0.417 e. The van der Waals surface area contributed by atoms with E-state index in [0.29, 0.717) is 35.8 Å². The fourth-order valence-electron chi connectivity index (χ4n) is 4.35. The summed E-state index contributed by atoms with van der Waals surface area (Å²) in [5, 5.41) is 3.48. The molecule has 210 valence electrons. The molecule has 1 aliphatic rings. The van der Waals surface area contributed by atoms with Crippen molar-refractivity contribution in [3.05, 3.63) is 75.5 Å². The highest BCUT2D eigenvalue weighted by Gasteiger charge is 2.37. The van der Waals surface area contributed by atoms with Gasteiger partial charge in [-0.15, -0.1) is 0 Å². The summed E-state index contributed by atoms with van der Waals surface area (Å²) < 4.78 is 27.9. The van der Waals surface area contributed by atoms with Crippen molar-refractivity contribution >= 4 is 25.9 Å². The van der Waals surface area contributed by atoms with Crippen LogP contribution in [0.1, 0.15) is 51.6 Å². The lowest BCUT2D eigenvalue weighted by atomic mass is 10.0. The molecular weight excluding hydrogens is 535 g/mol. The molecule has 2 aromatic heterocycles. The second-order valence-corrected chi connectivity index (χ2v) is 16.8. The molecule has 0 aliphatic carbocycles. The molecule has 7 nitrogen and oxygen atoms in total. The van der Waals surface area contributed by atoms with Gasteiger partial charge in [0, 0.05) is 49.9 Å². The van der Waals surface area contributed by atoms with E-state index in [0.717, 1.165) is 26.1 Å². The Morgan fingerprint density at radius 1 is 1.21 bits per heavy atom. The predicted octanol–water partition coefficient (Wildman–Crippen LogP) is 6.69. The summed E-state index contributed by atoms with van der Waals surface area (Å²) in [7, 11) is -1.99. The molecule has 1 saturated heterocycles.